The molecule has 26 heavy (non-hydrogen) atoms. The molecule has 2 heterocycles. The molecule has 0 unspecified atom stereocenters. The number of guanidine groups is 1. The van der Waals surface area contributed by atoms with Crippen LogP contribution in [0.4, 0.5) is 0 Å². The molecule has 6 heteroatoms. The van der Waals surface area contributed by atoms with Gasteiger partial charge in [-0.2, -0.15) is 0 Å². The molecule has 0 atom stereocenters. The van der Waals surface area contributed by atoms with Gasteiger partial charge < -0.3 is 15.2 Å². The van der Waals surface area contributed by atoms with Gasteiger partial charge in [0.2, 0.25) is 0 Å². The van der Waals surface area contributed by atoms with E-state index in [4.69, 9.17) is 0 Å². The number of aryl methyl sites for hydroxylation is 1. The van der Waals surface area contributed by atoms with Gasteiger partial charge in [0.25, 0.3) is 0 Å². The van der Waals surface area contributed by atoms with E-state index < -0.39 is 0 Å². The second kappa shape index (κ2) is 8.85. The van der Waals surface area contributed by atoms with Crippen molar-refractivity contribution >= 4 is 28.2 Å². The highest BCUT2D eigenvalue weighted by Gasteiger charge is 2.06. The third kappa shape index (κ3) is 4.64. The van der Waals surface area contributed by atoms with Crippen molar-refractivity contribution in [2.24, 2.45) is 4.99 Å². The molecule has 0 aliphatic heterocycles. The Bertz CT molecular complexity index is 862. The number of benzene rings is 1. The Morgan fingerprint density at radius 3 is 2.85 bits per heavy atom. The normalized spacial score (nSPS) is 12.1. The van der Waals surface area contributed by atoms with Crippen LogP contribution in [0.3, 0.4) is 0 Å². The monoisotopic (exact) mass is 369 g/mol. The van der Waals surface area contributed by atoms with Gasteiger partial charge in [0.1, 0.15) is 5.01 Å². The van der Waals surface area contributed by atoms with Crippen LogP contribution in [0.25, 0.3) is 10.9 Å². The molecule has 3 aromatic rings. The lowest BCUT2D eigenvalue weighted by atomic mass is 10.2. The molecule has 0 fully saturated rings. The Kier molecular flexibility index (Phi) is 6.28. The number of para-hydroxylation sites is 1. The van der Waals surface area contributed by atoms with Crippen molar-refractivity contribution in [1.29, 1.82) is 0 Å². The van der Waals surface area contributed by atoms with Crippen LogP contribution in [0.15, 0.2) is 46.9 Å². The lowest BCUT2D eigenvalue weighted by Gasteiger charge is -2.11. The Labute approximate surface area is 159 Å². The average molecular weight is 370 g/mol. The van der Waals surface area contributed by atoms with Crippen LogP contribution in [0.5, 0.6) is 0 Å². The number of hydrogen-bond donors (Lipinski definition) is 2. The van der Waals surface area contributed by atoms with E-state index in [9.17, 15) is 0 Å². The molecule has 0 bridgehead atoms. The lowest BCUT2D eigenvalue weighted by molar-refractivity contribution is 0.640. The number of hydrogen-bond acceptors (Lipinski definition) is 3. The molecule has 1 aromatic carbocycles. The highest BCUT2D eigenvalue weighted by Crippen LogP contribution is 2.17. The van der Waals surface area contributed by atoms with Crippen LogP contribution >= 0.6 is 11.3 Å². The van der Waals surface area contributed by atoms with Gasteiger partial charge in [0, 0.05) is 37.2 Å². The minimum Gasteiger partial charge on any atom is -0.356 e. The summed E-state index contributed by atoms with van der Waals surface area (Å²) < 4.78 is 2.30. The molecule has 2 aromatic heterocycles. The summed E-state index contributed by atoms with van der Waals surface area (Å²) in [5, 5.41) is 11.2. The van der Waals surface area contributed by atoms with Crippen molar-refractivity contribution in [3.8, 4) is 0 Å². The largest absolute Gasteiger partial charge is 0.356 e. The fourth-order valence-corrected chi connectivity index (χ4v) is 3.74. The molecule has 0 aliphatic carbocycles. The van der Waals surface area contributed by atoms with E-state index in [1.165, 1.54) is 10.9 Å². The van der Waals surface area contributed by atoms with E-state index in [1.54, 1.807) is 18.4 Å². The van der Waals surface area contributed by atoms with Gasteiger partial charge in [-0.25, -0.2) is 4.98 Å². The maximum absolute atomic E-state index is 4.65. The zero-order valence-corrected chi connectivity index (χ0v) is 16.5. The van der Waals surface area contributed by atoms with E-state index in [2.05, 4.69) is 80.9 Å². The average Bonchev–Trinajstić information content (AvgIpc) is 3.28. The second-order valence-electron chi connectivity index (χ2n) is 6.59. The fourth-order valence-electron chi connectivity index (χ4n) is 2.84. The topological polar surface area (TPSA) is 54.2 Å². The summed E-state index contributed by atoms with van der Waals surface area (Å²) in [7, 11) is 1.80. The van der Waals surface area contributed by atoms with Gasteiger partial charge in [-0.15, -0.1) is 11.3 Å². The Morgan fingerprint density at radius 1 is 1.23 bits per heavy atom. The molecule has 0 spiro atoms. The summed E-state index contributed by atoms with van der Waals surface area (Å²) >= 11 is 1.70. The Morgan fingerprint density at radius 2 is 2.08 bits per heavy atom. The number of thiazole rings is 1. The summed E-state index contributed by atoms with van der Waals surface area (Å²) in [5.41, 5.74) is 2.45. The maximum Gasteiger partial charge on any atom is 0.191 e. The number of rotatable bonds is 7. The van der Waals surface area contributed by atoms with E-state index >= 15 is 0 Å². The first-order chi connectivity index (χ1) is 12.7. The standard InChI is InChI=1S/C20H27N5S/c1-15(2)17-14-26-19(24-17)13-23-20(21-3)22-10-6-11-25-12-9-16-7-4-5-8-18(16)25/h4-5,7-9,12,14-15H,6,10-11,13H2,1-3H3,(H2,21,22,23). The fraction of sp³-hybridized carbons (Fsp3) is 0.400. The molecule has 0 saturated carbocycles. The van der Waals surface area contributed by atoms with Crippen LogP contribution < -0.4 is 10.6 Å². The van der Waals surface area contributed by atoms with Crippen LogP contribution in [0.1, 0.15) is 36.9 Å². The van der Waals surface area contributed by atoms with Crippen molar-refractivity contribution in [2.75, 3.05) is 13.6 Å². The maximum atomic E-state index is 4.65. The number of nitrogens with zero attached hydrogens (tertiary/aromatic N) is 3. The smallest absolute Gasteiger partial charge is 0.191 e. The van der Waals surface area contributed by atoms with Gasteiger partial charge in [-0.3, -0.25) is 4.99 Å². The van der Waals surface area contributed by atoms with Gasteiger partial charge >= 0.3 is 0 Å². The number of aliphatic imine (C=N–C) groups is 1. The van der Waals surface area contributed by atoms with Crippen LogP contribution in [0.2, 0.25) is 0 Å². The Balaban J connectivity index is 1.42. The molecule has 0 amide bonds. The number of fused-ring (bicyclic) bond motifs is 1. The summed E-state index contributed by atoms with van der Waals surface area (Å²) in [6, 6.07) is 10.7. The molecular weight excluding hydrogens is 342 g/mol. The summed E-state index contributed by atoms with van der Waals surface area (Å²) in [6.45, 7) is 6.91. The predicted octanol–water partition coefficient (Wildman–Crippen LogP) is 3.98. The van der Waals surface area contributed by atoms with Crippen LogP contribution in [0, 0.1) is 0 Å². The first-order valence-corrected chi connectivity index (χ1v) is 9.98. The van der Waals surface area contributed by atoms with E-state index in [0.29, 0.717) is 12.5 Å². The predicted molar refractivity (Wildman–Crippen MR) is 111 cm³/mol. The van der Waals surface area contributed by atoms with Gasteiger partial charge in [-0.05, 0) is 29.9 Å². The molecule has 3 rings (SSSR count). The lowest BCUT2D eigenvalue weighted by Crippen LogP contribution is -2.37. The van der Waals surface area contributed by atoms with Crippen molar-refractivity contribution in [3.63, 3.8) is 0 Å². The molecule has 2 N–H and O–H groups in total. The second-order valence-corrected chi connectivity index (χ2v) is 7.54. The van der Waals surface area contributed by atoms with E-state index in [-0.39, 0.29) is 0 Å². The van der Waals surface area contributed by atoms with E-state index in [1.807, 2.05) is 0 Å². The van der Waals surface area contributed by atoms with Gasteiger partial charge in [0.05, 0.1) is 12.2 Å². The zero-order chi connectivity index (χ0) is 18.4. The van der Waals surface area contributed by atoms with Crippen molar-refractivity contribution in [2.45, 2.75) is 39.3 Å². The molecule has 138 valence electrons. The summed E-state index contributed by atoms with van der Waals surface area (Å²) in [5.74, 6) is 1.30. The van der Waals surface area contributed by atoms with Crippen LogP contribution in [-0.2, 0) is 13.1 Å². The third-order valence-corrected chi connectivity index (χ3v) is 5.21. The highest BCUT2D eigenvalue weighted by molar-refractivity contribution is 7.09. The highest BCUT2D eigenvalue weighted by atomic mass is 32.1. The Hall–Kier alpha value is -2.34. The molecule has 5 nitrogen and oxygen atoms in total. The minimum atomic E-state index is 0.474. The van der Waals surface area contributed by atoms with Crippen molar-refractivity contribution < 1.29 is 0 Å². The zero-order valence-electron chi connectivity index (χ0n) is 15.7. The van der Waals surface area contributed by atoms with Crippen LogP contribution in [-0.4, -0.2) is 29.1 Å². The summed E-state index contributed by atoms with van der Waals surface area (Å²) in [4.78, 5) is 8.94. The first-order valence-electron chi connectivity index (χ1n) is 9.10. The SMILES string of the molecule is CN=C(NCCCn1ccc2ccccc21)NCc1nc(C(C)C)cs1. The van der Waals surface area contributed by atoms with Gasteiger partial charge in [0.15, 0.2) is 5.96 Å². The quantitative estimate of drug-likeness (QED) is 0.376. The third-order valence-electron chi connectivity index (χ3n) is 4.34. The van der Waals surface area contributed by atoms with Crippen molar-refractivity contribution in [1.82, 2.24) is 20.2 Å². The molecular formula is C20H27N5S. The minimum absolute atomic E-state index is 0.474. The number of nitrogens with one attached hydrogen (secondary N) is 2. The first kappa shape index (κ1) is 18.5. The number of aromatic nitrogens is 2. The van der Waals surface area contributed by atoms with Crippen molar-refractivity contribution in [3.05, 3.63) is 52.6 Å². The van der Waals surface area contributed by atoms with E-state index in [0.717, 1.165) is 36.2 Å². The summed E-state index contributed by atoms with van der Waals surface area (Å²) in [6.07, 6.45) is 3.20. The molecule has 0 saturated heterocycles. The molecule has 0 radical (unpaired) electrons. The van der Waals surface area contributed by atoms with Gasteiger partial charge in [-0.1, -0.05) is 32.0 Å². The molecule has 0 aliphatic rings.